The molecule has 2 heterocycles. The van der Waals surface area contributed by atoms with E-state index < -0.39 is 11.7 Å². The van der Waals surface area contributed by atoms with Crippen LogP contribution in [0.1, 0.15) is 30.5 Å². The lowest BCUT2D eigenvalue weighted by atomic mass is 9.85. The Morgan fingerprint density at radius 2 is 2.10 bits per heavy atom. The van der Waals surface area contributed by atoms with E-state index in [1.54, 1.807) is 0 Å². The van der Waals surface area contributed by atoms with Gasteiger partial charge in [0.05, 0.1) is 17.8 Å². The van der Waals surface area contributed by atoms with E-state index in [4.69, 9.17) is 0 Å². The zero-order chi connectivity index (χ0) is 15.0. The minimum Gasteiger partial charge on any atom is -0.350 e. The molecule has 1 fully saturated rings. The Hall–Kier alpha value is -2.05. The van der Waals surface area contributed by atoms with Crippen molar-refractivity contribution in [3.8, 4) is 0 Å². The maximum absolute atomic E-state index is 12.6. The number of pyridine rings is 1. The van der Waals surface area contributed by atoms with Gasteiger partial charge in [0, 0.05) is 18.3 Å². The Kier molecular flexibility index (Phi) is 3.35. The molecule has 0 aromatic carbocycles. The van der Waals surface area contributed by atoms with E-state index in [0.717, 1.165) is 31.5 Å². The van der Waals surface area contributed by atoms with Crippen molar-refractivity contribution < 1.29 is 18.0 Å². The number of nitrogens with zero attached hydrogens (tertiary/aromatic N) is 2. The molecule has 0 aliphatic heterocycles. The summed E-state index contributed by atoms with van der Waals surface area (Å²) in [5, 5.41) is 2.77. The molecule has 2 aromatic heterocycles. The summed E-state index contributed by atoms with van der Waals surface area (Å²) in [4.78, 5) is 15.9. The van der Waals surface area contributed by atoms with Gasteiger partial charge in [0.15, 0.2) is 0 Å². The monoisotopic (exact) mass is 297 g/mol. The maximum Gasteiger partial charge on any atom is 0.417 e. The average Bonchev–Trinajstić information content (AvgIpc) is 2.74. The van der Waals surface area contributed by atoms with Gasteiger partial charge in [0.1, 0.15) is 5.65 Å². The molecule has 2 aromatic rings. The van der Waals surface area contributed by atoms with Gasteiger partial charge in [-0.2, -0.15) is 13.2 Å². The lowest BCUT2D eigenvalue weighted by molar-refractivity contribution is -0.137. The van der Waals surface area contributed by atoms with Gasteiger partial charge in [-0.05, 0) is 25.0 Å². The Labute approximate surface area is 119 Å². The molecule has 21 heavy (non-hydrogen) atoms. The van der Waals surface area contributed by atoms with Gasteiger partial charge < -0.3 is 9.72 Å². The number of nitrogens with one attached hydrogen (secondary N) is 1. The lowest BCUT2D eigenvalue weighted by Crippen LogP contribution is -2.34. The first-order valence-electron chi connectivity index (χ1n) is 6.76. The van der Waals surface area contributed by atoms with Gasteiger partial charge >= 0.3 is 6.18 Å². The normalized spacial score (nSPS) is 16.0. The number of imidazole rings is 1. The molecule has 7 heteroatoms. The van der Waals surface area contributed by atoms with Crippen LogP contribution >= 0.6 is 0 Å². The Bertz CT molecular complexity index is 674. The second-order valence-electron chi connectivity index (χ2n) is 5.26. The molecule has 1 aliphatic carbocycles. The van der Waals surface area contributed by atoms with Gasteiger partial charge in [-0.25, -0.2) is 4.98 Å². The molecule has 112 valence electrons. The maximum atomic E-state index is 12.6. The SMILES string of the molecule is O=C(NCc1cn2cc(C(F)(F)F)ccc2n1)C1CCC1. The van der Waals surface area contributed by atoms with E-state index in [2.05, 4.69) is 10.3 Å². The molecule has 0 unspecified atom stereocenters. The number of carbonyl (C=O) groups excluding carboxylic acids is 1. The molecule has 3 rings (SSSR count). The average molecular weight is 297 g/mol. The lowest BCUT2D eigenvalue weighted by Gasteiger charge is -2.23. The number of aromatic nitrogens is 2. The van der Waals surface area contributed by atoms with Gasteiger partial charge in [-0.1, -0.05) is 6.42 Å². The first-order chi connectivity index (χ1) is 9.93. The van der Waals surface area contributed by atoms with Crippen molar-refractivity contribution in [1.29, 1.82) is 0 Å². The number of amides is 1. The van der Waals surface area contributed by atoms with E-state index in [-0.39, 0.29) is 18.4 Å². The highest BCUT2D eigenvalue weighted by Crippen LogP contribution is 2.29. The standard InChI is InChI=1S/C14H14F3N3O/c15-14(16,17)10-4-5-12-19-11(8-20(12)7-10)6-18-13(21)9-2-1-3-9/h4-5,7-9H,1-3,6H2,(H,18,21). The van der Waals surface area contributed by atoms with Crippen LogP contribution in [0.3, 0.4) is 0 Å². The number of alkyl halides is 3. The largest absolute Gasteiger partial charge is 0.417 e. The van der Waals surface area contributed by atoms with Gasteiger partial charge in [0.25, 0.3) is 0 Å². The highest BCUT2D eigenvalue weighted by Gasteiger charge is 2.31. The van der Waals surface area contributed by atoms with Crippen molar-refractivity contribution in [1.82, 2.24) is 14.7 Å². The Morgan fingerprint density at radius 1 is 1.33 bits per heavy atom. The summed E-state index contributed by atoms with van der Waals surface area (Å²) in [6.45, 7) is 0.234. The summed E-state index contributed by atoms with van der Waals surface area (Å²) in [5.41, 5.74) is 0.246. The van der Waals surface area contributed by atoms with Crippen LogP contribution in [-0.2, 0) is 17.5 Å². The summed E-state index contributed by atoms with van der Waals surface area (Å²) >= 11 is 0. The predicted octanol–water partition coefficient (Wildman–Crippen LogP) is 2.77. The third-order valence-electron chi connectivity index (χ3n) is 3.75. The first kappa shape index (κ1) is 13.9. The third-order valence-corrected chi connectivity index (χ3v) is 3.75. The molecule has 0 spiro atoms. The fraction of sp³-hybridized carbons (Fsp3) is 0.429. The molecule has 0 saturated heterocycles. The molecule has 0 atom stereocenters. The molecule has 1 saturated carbocycles. The van der Waals surface area contributed by atoms with Crippen molar-refractivity contribution in [3.05, 3.63) is 35.8 Å². The third kappa shape index (κ3) is 2.86. The molecule has 1 aliphatic rings. The number of rotatable bonds is 3. The number of hydrogen-bond donors (Lipinski definition) is 1. The number of hydrogen-bond acceptors (Lipinski definition) is 2. The molecule has 1 amide bonds. The van der Waals surface area contributed by atoms with Crippen LogP contribution in [0.15, 0.2) is 24.5 Å². The molecule has 0 radical (unpaired) electrons. The van der Waals surface area contributed by atoms with Crippen molar-refractivity contribution in [2.45, 2.75) is 32.0 Å². The number of carbonyl (C=O) groups is 1. The van der Waals surface area contributed by atoms with E-state index in [1.807, 2.05) is 0 Å². The number of fused-ring (bicyclic) bond motifs is 1. The molecule has 1 N–H and O–H groups in total. The summed E-state index contributed by atoms with van der Waals surface area (Å²) < 4.78 is 39.2. The molecular formula is C14H14F3N3O. The van der Waals surface area contributed by atoms with E-state index in [9.17, 15) is 18.0 Å². The topological polar surface area (TPSA) is 46.4 Å². The van der Waals surface area contributed by atoms with E-state index in [1.165, 1.54) is 16.7 Å². The van der Waals surface area contributed by atoms with Crippen LogP contribution in [0, 0.1) is 5.92 Å². The molecule has 0 bridgehead atoms. The Balaban J connectivity index is 1.73. The zero-order valence-corrected chi connectivity index (χ0v) is 11.2. The summed E-state index contributed by atoms with van der Waals surface area (Å²) in [6.07, 6.45) is 1.02. The molecule has 4 nitrogen and oxygen atoms in total. The van der Waals surface area contributed by atoms with Crippen molar-refractivity contribution in [2.75, 3.05) is 0 Å². The predicted molar refractivity (Wildman–Crippen MR) is 69.4 cm³/mol. The Morgan fingerprint density at radius 3 is 2.71 bits per heavy atom. The zero-order valence-electron chi connectivity index (χ0n) is 11.2. The molecular weight excluding hydrogens is 283 g/mol. The van der Waals surface area contributed by atoms with Crippen LogP contribution in [0.5, 0.6) is 0 Å². The fourth-order valence-electron chi connectivity index (χ4n) is 2.29. The summed E-state index contributed by atoms with van der Waals surface area (Å²) in [6, 6.07) is 2.32. The highest BCUT2D eigenvalue weighted by molar-refractivity contribution is 5.79. The summed E-state index contributed by atoms with van der Waals surface area (Å²) in [7, 11) is 0. The minimum atomic E-state index is -4.38. The first-order valence-corrected chi connectivity index (χ1v) is 6.76. The second-order valence-corrected chi connectivity index (χ2v) is 5.26. The van der Waals surface area contributed by atoms with Crippen molar-refractivity contribution >= 4 is 11.6 Å². The van der Waals surface area contributed by atoms with Crippen LogP contribution < -0.4 is 5.32 Å². The van der Waals surface area contributed by atoms with E-state index >= 15 is 0 Å². The van der Waals surface area contributed by atoms with Crippen molar-refractivity contribution in [3.63, 3.8) is 0 Å². The summed E-state index contributed by atoms with van der Waals surface area (Å²) in [5.74, 6) is 0.0770. The second kappa shape index (κ2) is 5.05. The van der Waals surface area contributed by atoms with Crippen LogP contribution in [-0.4, -0.2) is 15.3 Å². The van der Waals surface area contributed by atoms with Gasteiger partial charge in [-0.3, -0.25) is 4.79 Å². The van der Waals surface area contributed by atoms with Crippen LogP contribution in [0.25, 0.3) is 5.65 Å². The minimum absolute atomic E-state index is 0.00529. The quantitative estimate of drug-likeness (QED) is 0.947. The van der Waals surface area contributed by atoms with Crippen LogP contribution in [0.4, 0.5) is 13.2 Å². The van der Waals surface area contributed by atoms with Crippen LogP contribution in [0.2, 0.25) is 0 Å². The number of halogens is 3. The van der Waals surface area contributed by atoms with E-state index in [0.29, 0.717) is 11.3 Å². The fourth-order valence-corrected chi connectivity index (χ4v) is 2.29. The highest BCUT2D eigenvalue weighted by atomic mass is 19.4. The smallest absolute Gasteiger partial charge is 0.350 e. The van der Waals surface area contributed by atoms with Gasteiger partial charge in [-0.15, -0.1) is 0 Å². The van der Waals surface area contributed by atoms with Gasteiger partial charge in [0.2, 0.25) is 5.91 Å². The van der Waals surface area contributed by atoms with Crippen molar-refractivity contribution in [2.24, 2.45) is 5.92 Å².